The standard InChI is InChI=1S/C4H8O.C2H4/c1-3-5-4-2;1-2/h3H,1,4H2,2H3;1-2H2. The Labute approximate surface area is 45.3 Å². The molecule has 0 unspecified atom stereocenters. The molecule has 0 saturated heterocycles. The highest BCUT2D eigenvalue weighted by molar-refractivity contribution is 4.45. The molecule has 0 N–H and O–H groups in total. The molecule has 1 heteroatoms. The number of rotatable bonds is 2. The Morgan fingerprint density at radius 1 is 1.57 bits per heavy atom. The molecule has 0 radical (unpaired) electrons. The lowest BCUT2D eigenvalue weighted by Crippen LogP contribution is -1.72. The van der Waals surface area contributed by atoms with Crippen LogP contribution in [0.4, 0.5) is 0 Å². The average molecular weight is 100 g/mol. The van der Waals surface area contributed by atoms with Crippen molar-refractivity contribution in [3.63, 3.8) is 0 Å². The highest BCUT2D eigenvalue weighted by Gasteiger charge is 1.55. The Balaban J connectivity index is 0. The highest BCUT2D eigenvalue weighted by Crippen LogP contribution is 1.65. The normalized spacial score (nSPS) is 5.29. The van der Waals surface area contributed by atoms with Gasteiger partial charge in [0, 0.05) is 0 Å². The first-order valence-electron chi connectivity index (χ1n) is 2.14. The van der Waals surface area contributed by atoms with Gasteiger partial charge in [-0.05, 0) is 6.92 Å². The van der Waals surface area contributed by atoms with Gasteiger partial charge in [-0.15, -0.1) is 13.2 Å². The summed E-state index contributed by atoms with van der Waals surface area (Å²) >= 11 is 0. The molecule has 0 aromatic heterocycles. The van der Waals surface area contributed by atoms with Crippen LogP contribution in [0.3, 0.4) is 0 Å². The summed E-state index contributed by atoms with van der Waals surface area (Å²) in [5.74, 6) is 0. The second-order valence-corrected chi connectivity index (χ2v) is 0.622. The molecular weight excluding hydrogens is 88.1 g/mol. The van der Waals surface area contributed by atoms with Crippen molar-refractivity contribution in [3.05, 3.63) is 26.0 Å². The predicted molar refractivity (Wildman–Crippen MR) is 33.1 cm³/mol. The molecule has 42 valence electrons. The summed E-state index contributed by atoms with van der Waals surface area (Å²) in [6.45, 7) is 12.0. The van der Waals surface area contributed by atoms with Crippen LogP contribution in [-0.4, -0.2) is 6.61 Å². The molecule has 0 atom stereocenters. The number of ether oxygens (including phenoxy) is 1. The summed E-state index contributed by atoms with van der Waals surface area (Å²) in [6.07, 6.45) is 1.43. The van der Waals surface area contributed by atoms with Crippen molar-refractivity contribution < 1.29 is 4.74 Å². The van der Waals surface area contributed by atoms with Crippen LogP contribution in [0.5, 0.6) is 0 Å². The molecule has 0 spiro atoms. The minimum absolute atomic E-state index is 0.726. The molecular formula is C6H12O. The van der Waals surface area contributed by atoms with Crippen molar-refractivity contribution in [2.45, 2.75) is 6.92 Å². The third-order valence-electron chi connectivity index (χ3n) is 0.285. The first-order valence-corrected chi connectivity index (χ1v) is 2.14. The quantitative estimate of drug-likeness (QED) is 0.381. The van der Waals surface area contributed by atoms with Crippen LogP contribution >= 0.6 is 0 Å². The van der Waals surface area contributed by atoms with E-state index in [0.29, 0.717) is 0 Å². The molecule has 0 amide bonds. The molecule has 0 aromatic carbocycles. The van der Waals surface area contributed by atoms with Crippen molar-refractivity contribution >= 4 is 0 Å². The van der Waals surface area contributed by atoms with Gasteiger partial charge < -0.3 is 4.74 Å². The van der Waals surface area contributed by atoms with Crippen LogP contribution in [0.2, 0.25) is 0 Å². The lowest BCUT2D eigenvalue weighted by Gasteiger charge is -1.84. The molecule has 1 nitrogen and oxygen atoms in total. The van der Waals surface area contributed by atoms with Crippen LogP contribution in [0.1, 0.15) is 6.92 Å². The van der Waals surface area contributed by atoms with E-state index in [4.69, 9.17) is 0 Å². The number of hydrogen-bond acceptors (Lipinski definition) is 1. The van der Waals surface area contributed by atoms with Crippen molar-refractivity contribution in [2.24, 2.45) is 0 Å². The average Bonchev–Trinajstić information content (AvgIpc) is 1.75. The molecule has 0 heterocycles. The molecule has 0 bridgehead atoms. The Morgan fingerprint density at radius 2 is 2.00 bits per heavy atom. The minimum Gasteiger partial charge on any atom is -0.502 e. The fourth-order valence-electron chi connectivity index (χ4n) is 0.118. The van der Waals surface area contributed by atoms with Crippen LogP contribution < -0.4 is 0 Å². The van der Waals surface area contributed by atoms with Gasteiger partial charge >= 0.3 is 0 Å². The van der Waals surface area contributed by atoms with Crippen LogP contribution in [-0.2, 0) is 4.74 Å². The summed E-state index contributed by atoms with van der Waals surface area (Å²) in [5, 5.41) is 0. The monoisotopic (exact) mass is 100 g/mol. The van der Waals surface area contributed by atoms with Crippen molar-refractivity contribution in [1.29, 1.82) is 0 Å². The third-order valence-corrected chi connectivity index (χ3v) is 0.285. The van der Waals surface area contributed by atoms with Crippen molar-refractivity contribution in [3.8, 4) is 0 Å². The van der Waals surface area contributed by atoms with Gasteiger partial charge in [0.05, 0.1) is 12.9 Å². The smallest absolute Gasteiger partial charge is 0.0844 e. The Bertz CT molecular complexity index is 33.2. The minimum atomic E-state index is 0.726. The van der Waals surface area contributed by atoms with E-state index in [0.717, 1.165) is 6.61 Å². The van der Waals surface area contributed by atoms with E-state index in [1.807, 2.05) is 6.92 Å². The Kier molecular flexibility index (Phi) is 25.4. The van der Waals surface area contributed by atoms with E-state index in [-0.39, 0.29) is 0 Å². The van der Waals surface area contributed by atoms with Gasteiger partial charge in [-0.2, -0.15) is 0 Å². The van der Waals surface area contributed by atoms with Gasteiger partial charge in [-0.3, -0.25) is 0 Å². The zero-order valence-electron chi connectivity index (χ0n) is 4.81. The highest BCUT2D eigenvalue weighted by atomic mass is 16.5. The maximum Gasteiger partial charge on any atom is 0.0844 e. The summed E-state index contributed by atoms with van der Waals surface area (Å²) < 4.78 is 4.60. The summed E-state index contributed by atoms with van der Waals surface area (Å²) in [4.78, 5) is 0. The predicted octanol–water partition coefficient (Wildman–Crippen LogP) is 1.97. The summed E-state index contributed by atoms with van der Waals surface area (Å²) in [7, 11) is 0. The summed E-state index contributed by atoms with van der Waals surface area (Å²) in [6, 6.07) is 0. The van der Waals surface area contributed by atoms with Crippen LogP contribution in [0, 0.1) is 0 Å². The molecule has 0 aliphatic heterocycles. The van der Waals surface area contributed by atoms with Gasteiger partial charge in [0.15, 0.2) is 0 Å². The molecule has 0 rings (SSSR count). The first-order chi connectivity index (χ1) is 3.41. The Morgan fingerprint density at radius 3 is 2.00 bits per heavy atom. The van der Waals surface area contributed by atoms with E-state index in [1.54, 1.807) is 0 Å². The fraction of sp³-hybridized carbons (Fsp3) is 0.333. The molecule has 0 aliphatic rings. The van der Waals surface area contributed by atoms with E-state index >= 15 is 0 Å². The molecule has 0 aromatic rings. The van der Waals surface area contributed by atoms with E-state index in [9.17, 15) is 0 Å². The SMILES string of the molecule is C=C.C=COCC. The van der Waals surface area contributed by atoms with Crippen LogP contribution in [0.25, 0.3) is 0 Å². The van der Waals surface area contributed by atoms with E-state index in [2.05, 4.69) is 24.5 Å². The van der Waals surface area contributed by atoms with Gasteiger partial charge in [0.2, 0.25) is 0 Å². The second-order valence-electron chi connectivity index (χ2n) is 0.622. The van der Waals surface area contributed by atoms with Gasteiger partial charge in [0.1, 0.15) is 0 Å². The van der Waals surface area contributed by atoms with Gasteiger partial charge in [-0.1, -0.05) is 6.58 Å². The topological polar surface area (TPSA) is 9.23 Å². The fourth-order valence-corrected chi connectivity index (χ4v) is 0.118. The molecule has 0 aliphatic carbocycles. The van der Waals surface area contributed by atoms with E-state index < -0.39 is 0 Å². The molecule has 0 fully saturated rings. The van der Waals surface area contributed by atoms with E-state index in [1.165, 1.54) is 6.26 Å². The van der Waals surface area contributed by atoms with Crippen molar-refractivity contribution in [2.75, 3.05) is 6.61 Å². The first kappa shape index (κ1) is 9.56. The molecule has 7 heavy (non-hydrogen) atoms. The largest absolute Gasteiger partial charge is 0.502 e. The number of hydrogen-bond donors (Lipinski definition) is 0. The summed E-state index contributed by atoms with van der Waals surface area (Å²) in [5.41, 5.74) is 0. The van der Waals surface area contributed by atoms with Crippen LogP contribution in [0.15, 0.2) is 26.0 Å². The maximum absolute atomic E-state index is 4.60. The second kappa shape index (κ2) is 18.6. The zero-order valence-corrected chi connectivity index (χ0v) is 4.81. The van der Waals surface area contributed by atoms with Crippen molar-refractivity contribution in [1.82, 2.24) is 0 Å². The molecule has 0 saturated carbocycles. The van der Waals surface area contributed by atoms with Gasteiger partial charge in [0.25, 0.3) is 0 Å². The zero-order chi connectivity index (χ0) is 6.12. The lowest BCUT2D eigenvalue weighted by atomic mass is 10.9. The lowest BCUT2D eigenvalue weighted by molar-refractivity contribution is 0.270. The maximum atomic E-state index is 4.60. The Hall–Kier alpha value is -0.720. The van der Waals surface area contributed by atoms with Gasteiger partial charge in [-0.25, -0.2) is 0 Å². The third kappa shape index (κ3) is 34.7.